The third kappa shape index (κ3) is 13.5. The van der Waals surface area contributed by atoms with E-state index in [4.69, 9.17) is 5.73 Å². The lowest BCUT2D eigenvalue weighted by Crippen LogP contribution is -2.56. The molecule has 0 bridgehead atoms. The molecule has 55 heavy (non-hydrogen) atoms. The van der Waals surface area contributed by atoms with E-state index in [9.17, 15) is 38.4 Å². The van der Waals surface area contributed by atoms with Crippen LogP contribution in [0.4, 0.5) is 0 Å². The first-order chi connectivity index (χ1) is 26.4. The lowest BCUT2D eigenvalue weighted by Gasteiger charge is -2.23. The van der Waals surface area contributed by atoms with Crippen LogP contribution in [-0.2, 0) is 57.6 Å². The van der Waals surface area contributed by atoms with Crippen LogP contribution in [0.5, 0.6) is 0 Å². The molecule has 0 saturated heterocycles. The van der Waals surface area contributed by atoms with Gasteiger partial charge in [0.15, 0.2) is 0 Å². The van der Waals surface area contributed by atoms with Crippen LogP contribution >= 0.6 is 0 Å². The van der Waals surface area contributed by atoms with Crippen LogP contribution in [0, 0.1) is 0 Å². The van der Waals surface area contributed by atoms with Gasteiger partial charge in [-0.3, -0.25) is 38.4 Å². The SMILES string of the molecule is CC(=O)NCC(=O)NCC(=O)N[C@@H](Cc1cnc[nH]1)C(=O)N[C@H](Cc1ccccc1)C(=O)NCC(=O)NCC(=O)N[C@@H](Cc1c[nH]c2ccccc12)C(N)=O. The van der Waals surface area contributed by atoms with Gasteiger partial charge in [-0.15, -0.1) is 0 Å². The van der Waals surface area contributed by atoms with Crippen molar-refractivity contribution in [1.82, 2.24) is 52.2 Å². The predicted molar refractivity (Wildman–Crippen MR) is 197 cm³/mol. The average Bonchev–Trinajstić information content (AvgIpc) is 3.84. The summed E-state index contributed by atoms with van der Waals surface area (Å²) in [5.41, 5.74) is 8.32. The molecule has 4 rings (SSSR count). The van der Waals surface area contributed by atoms with Crippen LogP contribution in [0.1, 0.15) is 23.7 Å². The Bertz CT molecular complexity index is 1980. The van der Waals surface area contributed by atoms with E-state index in [1.807, 2.05) is 24.3 Å². The molecule has 2 heterocycles. The van der Waals surface area contributed by atoms with E-state index in [1.54, 1.807) is 36.5 Å². The second kappa shape index (κ2) is 20.3. The smallest absolute Gasteiger partial charge is 0.243 e. The van der Waals surface area contributed by atoms with Gasteiger partial charge in [-0.05, 0) is 17.2 Å². The van der Waals surface area contributed by atoms with Gasteiger partial charge in [-0.2, -0.15) is 0 Å². The molecule has 0 unspecified atom stereocenters. The lowest BCUT2D eigenvalue weighted by molar-refractivity contribution is -0.133. The molecule has 3 atom stereocenters. The third-order valence-corrected chi connectivity index (χ3v) is 8.14. The number of hydrogen-bond donors (Lipinski definition) is 10. The van der Waals surface area contributed by atoms with E-state index in [0.717, 1.165) is 16.5 Å². The summed E-state index contributed by atoms with van der Waals surface area (Å²) in [6.07, 6.45) is 4.63. The number of nitrogens with zero attached hydrogens (tertiary/aromatic N) is 1. The number of nitrogens with one attached hydrogen (secondary N) is 9. The van der Waals surface area contributed by atoms with E-state index >= 15 is 0 Å². The van der Waals surface area contributed by atoms with Gasteiger partial charge in [-0.1, -0.05) is 48.5 Å². The van der Waals surface area contributed by atoms with Crippen LogP contribution in [-0.4, -0.2) is 107 Å². The molecule has 0 spiro atoms. The number of carbonyl (C=O) groups is 8. The normalized spacial score (nSPS) is 12.3. The molecule has 0 aliphatic rings. The summed E-state index contributed by atoms with van der Waals surface area (Å²) in [5, 5.41) is 18.0. The summed E-state index contributed by atoms with van der Waals surface area (Å²) >= 11 is 0. The summed E-state index contributed by atoms with van der Waals surface area (Å²) in [4.78, 5) is 110. The molecule has 19 heteroatoms. The number of para-hydroxylation sites is 1. The summed E-state index contributed by atoms with van der Waals surface area (Å²) in [6, 6.07) is 12.7. The van der Waals surface area contributed by atoms with Gasteiger partial charge >= 0.3 is 0 Å². The van der Waals surface area contributed by atoms with E-state index < -0.39 is 85.0 Å². The maximum Gasteiger partial charge on any atom is 0.243 e. The molecule has 2 aromatic carbocycles. The standard InChI is InChI=1S/C36H43N11O8/c1-21(48)39-16-30(49)41-19-33(52)46-29(13-24-15-38-20-44-24)36(55)47-28(11-22-7-3-2-4-8-22)35(54)43-17-31(50)42-18-32(51)45-27(34(37)53)12-23-14-40-26-10-6-5-9-25(23)26/h2-10,14-15,20,27-29,40H,11-13,16-19H2,1H3,(H2,37,53)(H,38,44)(H,39,48)(H,41,49)(H,42,50)(H,43,54)(H,45,51)(H,46,52)(H,47,55)/t27-,28+,29-/m0/s1. The van der Waals surface area contributed by atoms with Crippen LogP contribution in [0.3, 0.4) is 0 Å². The molecule has 4 aromatic rings. The first kappa shape index (κ1) is 40.7. The molecule has 2 aromatic heterocycles. The zero-order valence-electron chi connectivity index (χ0n) is 29.9. The highest BCUT2D eigenvalue weighted by Crippen LogP contribution is 2.19. The topological polar surface area (TPSA) is 291 Å². The van der Waals surface area contributed by atoms with Crippen molar-refractivity contribution < 1.29 is 38.4 Å². The van der Waals surface area contributed by atoms with Crippen molar-refractivity contribution in [2.45, 2.75) is 44.3 Å². The molecule has 8 amide bonds. The van der Waals surface area contributed by atoms with Crippen molar-refractivity contribution in [3.8, 4) is 0 Å². The molecule has 0 saturated carbocycles. The highest BCUT2D eigenvalue weighted by Gasteiger charge is 2.28. The van der Waals surface area contributed by atoms with Crippen LogP contribution in [0.2, 0.25) is 0 Å². The summed E-state index contributed by atoms with van der Waals surface area (Å²) in [5.74, 6) is -5.44. The number of aromatic nitrogens is 3. The Kier molecular flexibility index (Phi) is 15.0. The fourth-order valence-corrected chi connectivity index (χ4v) is 5.37. The average molecular weight is 758 g/mol. The highest BCUT2D eigenvalue weighted by atomic mass is 16.2. The number of imidazole rings is 1. The predicted octanol–water partition coefficient (Wildman–Crippen LogP) is -2.66. The van der Waals surface area contributed by atoms with E-state index in [0.29, 0.717) is 11.3 Å². The van der Waals surface area contributed by atoms with E-state index in [1.165, 1.54) is 19.4 Å². The maximum atomic E-state index is 13.6. The monoisotopic (exact) mass is 757 g/mol. The van der Waals surface area contributed by atoms with Crippen molar-refractivity contribution in [3.05, 3.63) is 90.1 Å². The number of benzene rings is 2. The minimum absolute atomic E-state index is 0.0112. The van der Waals surface area contributed by atoms with Gasteiger partial charge in [-0.25, -0.2) is 4.98 Å². The first-order valence-electron chi connectivity index (χ1n) is 17.2. The number of hydrogen-bond acceptors (Lipinski definition) is 9. The van der Waals surface area contributed by atoms with Gasteiger partial charge < -0.3 is 52.9 Å². The number of amides is 8. The molecular formula is C36H43N11O8. The zero-order chi connectivity index (χ0) is 39.7. The Hall–Kier alpha value is -7.05. The van der Waals surface area contributed by atoms with Crippen molar-refractivity contribution in [3.63, 3.8) is 0 Å². The largest absolute Gasteiger partial charge is 0.368 e. The Balaban J connectivity index is 1.33. The number of aromatic amines is 2. The van der Waals surface area contributed by atoms with E-state index in [-0.39, 0.29) is 25.8 Å². The minimum Gasteiger partial charge on any atom is -0.368 e. The molecule has 19 nitrogen and oxygen atoms in total. The third-order valence-electron chi connectivity index (χ3n) is 8.14. The molecule has 0 aliphatic heterocycles. The molecule has 290 valence electrons. The van der Waals surface area contributed by atoms with Gasteiger partial charge in [0.2, 0.25) is 47.3 Å². The van der Waals surface area contributed by atoms with Crippen molar-refractivity contribution in [2.24, 2.45) is 5.73 Å². The van der Waals surface area contributed by atoms with Crippen molar-refractivity contribution >= 4 is 58.2 Å². The maximum absolute atomic E-state index is 13.6. The van der Waals surface area contributed by atoms with E-state index in [2.05, 4.69) is 52.2 Å². The molecule has 0 fully saturated rings. The first-order valence-corrected chi connectivity index (χ1v) is 17.2. The van der Waals surface area contributed by atoms with Crippen LogP contribution < -0.4 is 43.0 Å². The molecule has 0 radical (unpaired) electrons. The number of fused-ring (bicyclic) bond motifs is 1. The number of primary amides is 1. The summed E-state index contributed by atoms with van der Waals surface area (Å²) in [7, 11) is 0. The van der Waals surface area contributed by atoms with Crippen molar-refractivity contribution in [1.29, 1.82) is 0 Å². The molecular weight excluding hydrogens is 714 g/mol. The minimum atomic E-state index is -1.23. The Morgan fingerprint density at radius 1 is 0.636 bits per heavy atom. The Morgan fingerprint density at radius 2 is 1.24 bits per heavy atom. The zero-order valence-corrected chi connectivity index (χ0v) is 29.9. The highest BCUT2D eigenvalue weighted by molar-refractivity contribution is 5.95. The molecule has 11 N–H and O–H groups in total. The van der Waals surface area contributed by atoms with Gasteiger partial charge in [0.1, 0.15) is 18.1 Å². The molecule has 0 aliphatic carbocycles. The fourth-order valence-electron chi connectivity index (χ4n) is 5.37. The van der Waals surface area contributed by atoms with Crippen LogP contribution in [0.25, 0.3) is 10.9 Å². The Morgan fingerprint density at radius 3 is 1.87 bits per heavy atom. The second-order valence-corrected chi connectivity index (χ2v) is 12.4. The van der Waals surface area contributed by atoms with Gasteiger partial charge in [0.05, 0.1) is 32.5 Å². The summed E-state index contributed by atoms with van der Waals surface area (Å²) in [6.45, 7) is -0.685. The van der Waals surface area contributed by atoms with Crippen LogP contribution in [0.15, 0.2) is 73.3 Å². The number of carbonyl (C=O) groups excluding carboxylic acids is 8. The number of H-pyrrole nitrogens is 2. The van der Waals surface area contributed by atoms with Gasteiger partial charge in [0.25, 0.3) is 0 Å². The van der Waals surface area contributed by atoms with Gasteiger partial charge in [0, 0.05) is 55.2 Å². The lowest BCUT2D eigenvalue weighted by atomic mass is 10.0. The van der Waals surface area contributed by atoms with Crippen molar-refractivity contribution in [2.75, 3.05) is 26.2 Å². The quantitative estimate of drug-likeness (QED) is 0.0450. The second-order valence-electron chi connectivity index (χ2n) is 12.4. The fraction of sp³-hybridized carbons (Fsp3) is 0.306. The number of nitrogens with two attached hydrogens (primary N) is 1. The Labute approximate surface area is 314 Å². The number of rotatable bonds is 20. The summed E-state index contributed by atoms with van der Waals surface area (Å²) < 4.78 is 0.